The minimum absolute atomic E-state index is 0. The van der Waals surface area contributed by atoms with Crippen molar-refractivity contribution in [3.05, 3.63) is 11.3 Å². The number of rotatable bonds is 1. The molecule has 96 valence electrons. The number of aryl methyl sites for hydroxylation is 1. The lowest BCUT2D eigenvalue weighted by Crippen LogP contribution is -2.15. The lowest BCUT2D eigenvalue weighted by atomic mass is 10.2. The van der Waals surface area contributed by atoms with E-state index in [1.165, 1.54) is 0 Å². The van der Waals surface area contributed by atoms with Crippen molar-refractivity contribution in [1.29, 1.82) is 0 Å². The summed E-state index contributed by atoms with van der Waals surface area (Å²) in [7, 11) is -2.87. The van der Waals surface area contributed by atoms with Gasteiger partial charge in [0.1, 0.15) is 5.82 Å². The number of nitrogens with two attached hydrogens (primary N) is 1. The first-order chi connectivity index (χ1) is 7.57. The number of sulfone groups is 1. The average Bonchev–Trinajstić information content (AvgIpc) is 2.84. The summed E-state index contributed by atoms with van der Waals surface area (Å²) in [4.78, 5) is 0. The maximum absolute atomic E-state index is 11.4. The molecule has 2 N–H and O–H groups in total. The largest absolute Gasteiger partial charge is 0.384 e. The van der Waals surface area contributed by atoms with Crippen LogP contribution in [0.1, 0.15) is 30.1 Å². The number of nitrogen functional groups attached to an aromatic ring is 1. The smallest absolute Gasteiger partial charge is 0.152 e. The van der Waals surface area contributed by atoms with Gasteiger partial charge >= 0.3 is 0 Å². The van der Waals surface area contributed by atoms with Gasteiger partial charge in [-0.15, -0.1) is 12.4 Å². The molecule has 0 amide bonds. The fraction of sp³-hybridized carbons (Fsp3) is 0.700. The molecule has 17 heavy (non-hydrogen) atoms. The monoisotopic (exact) mass is 277 g/mol. The van der Waals surface area contributed by atoms with E-state index in [2.05, 4.69) is 5.10 Å². The summed E-state index contributed by atoms with van der Waals surface area (Å²) in [6.45, 7) is 0. The normalized spacial score (nSPS) is 25.5. The Bertz CT molecular complexity index is 538. The van der Waals surface area contributed by atoms with E-state index in [9.17, 15) is 8.42 Å². The molecule has 1 saturated heterocycles. The summed E-state index contributed by atoms with van der Waals surface area (Å²) in [6, 6.07) is -0.0457. The van der Waals surface area contributed by atoms with Crippen LogP contribution in [0.5, 0.6) is 0 Å². The fourth-order valence-electron chi connectivity index (χ4n) is 2.68. The predicted molar refractivity (Wildman–Crippen MR) is 68.2 cm³/mol. The quantitative estimate of drug-likeness (QED) is 0.821. The minimum atomic E-state index is -2.87. The van der Waals surface area contributed by atoms with Crippen LogP contribution in [0.4, 0.5) is 5.82 Å². The van der Waals surface area contributed by atoms with E-state index in [1.54, 1.807) is 4.68 Å². The first kappa shape index (κ1) is 12.7. The molecule has 0 aromatic carbocycles. The SMILES string of the molecule is Cl.Nc1c2c(nn1C1CCS(=O)(=O)C1)CCC2. The van der Waals surface area contributed by atoms with Crippen LogP contribution in [0, 0.1) is 0 Å². The molecular weight excluding hydrogens is 262 g/mol. The van der Waals surface area contributed by atoms with Crippen LogP contribution in [0.25, 0.3) is 0 Å². The van der Waals surface area contributed by atoms with E-state index in [0.717, 1.165) is 30.5 Å². The van der Waals surface area contributed by atoms with Crippen molar-refractivity contribution >= 4 is 28.1 Å². The number of aromatic nitrogens is 2. The number of anilines is 1. The highest BCUT2D eigenvalue weighted by Crippen LogP contribution is 2.32. The molecule has 1 aromatic rings. The second-order valence-electron chi connectivity index (χ2n) is 4.67. The molecule has 5 nitrogen and oxygen atoms in total. The van der Waals surface area contributed by atoms with E-state index in [-0.39, 0.29) is 30.0 Å². The molecule has 1 aliphatic carbocycles. The fourth-order valence-corrected chi connectivity index (χ4v) is 4.37. The Hall–Kier alpha value is -0.750. The summed E-state index contributed by atoms with van der Waals surface area (Å²) < 4.78 is 24.6. The third kappa shape index (κ3) is 2.04. The highest BCUT2D eigenvalue weighted by Gasteiger charge is 2.32. The Morgan fingerprint density at radius 3 is 2.71 bits per heavy atom. The van der Waals surface area contributed by atoms with Crippen LogP contribution in [0.15, 0.2) is 0 Å². The zero-order valence-corrected chi connectivity index (χ0v) is 11.1. The van der Waals surface area contributed by atoms with Crippen molar-refractivity contribution < 1.29 is 8.42 Å². The first-order valence-electron chi connectivity index (χ1n) is 5.63. The number of nitrogens with zero attached hydrogens (tertiary/aromatic N) is 2. The maximum atomic E-state index is 11.4. The Kier molecular flexibility index (Phi) is 3.12. The molecule has 0 bridgehead atoms. The van der Waals surface area contributed by atoms with Gasteiger partial charge < -0.3 is 5.73 Å². The van der Waals surface area contributed by atoms with Crippen molar-refractivity contribution in [2.24, 2.45) is 0 Å². The second kappa shape index (κ2) is 4.17. The Morgan fingerprint density at radius 2 is 2.12 bits per heavy atom. The van der Waals surface area contributed by atoms with Gasteiger partial charge in [0.25, 0.3) is 0 Å². The Balaban J connectivity index is 0.00000108. The lowest BCUT2D eigenvalue weighted by Gasteiger charge is -2.11. The second-order valence-corrected chi connectivity index (χ2v) is 6.89. The van der Waals surface area contributed by atoms with Crippen LogP contribution in [0.2, 0.25) is 0 Å². The number of hydrogen-bond acceptors (Lipinski definition) is 4. The molecular formula is C10H16ClN3O2S. The number of fused-ring (bicyclic) bond motifs is 1. The summed E-state index contributed by atoms with van der Waals surface area (Å²) in [5.74, 6) is 1.15. The van der Waals surface area contributed by atoms with Gasteiger partial charge in [-0.25, -0.2) is 13.1 Å². The molecule has 2 aliphatic rings. The molecule has 0 saturated carbocycles. The van der Waals surface area contributed by atoms with Crippen molar-refractivity contribution in [3.8, 4) is 0 Å². The molecule has 0 spiro atoms. The van der Waals surface area contributed by atoms with E-state index in [4.69, 9.17) is 5.73 Å². The van der Waals surface area contributed by atoms with Gasteiger partial charge in [0.2, 0.25) is 0 Å². The molecule has 1 fully saturated rings. The van der Waals surface area contributed by atoms with E-state index >= 15 is 0 Å². The van der Waals surface area contributed by atoms with E-state index in [1.807, 2.05) is 0 Å². The molecule has 2 heterocycles. The van der Waals surface area contributed by atoms with Crippen molar-refractivity contribution in [3.63, 3.8) is 0 Å². The topological polar surface area (TPSA) is 78.0 Å². The molecule has 7 heteroatoms. The van der Waals surface area contributed by atoms with Crippen LogP contribution < -0.4 is 5.73 Å². The van der Waals surface area contributed by atoms with Crippen molar-refractivity contribution in [1.82, 2.24) is 9.78 Å². The van der Waals surface area contributed by atoms with Gasteiger partial charge in [-0.3, -0.25) is 0 Å². The van der Waals surface area contributed by atoms with Crippen LogP contribution in [-0.4, -0.2) is 29.7 Å². The average molecular weight is 278 g/mol. The molecule has 3 rings (SSSR count). The zero-order chi connectivity index (χ0) is 11.3. The van der Waals surface area contributed by atoms with Crippen LogP contribution in [0.3, 0.4) is 0 Å². The summed E-state index contributed by atoms with van der Waals surface area (Å²) in [5, 5.41) is 4.47. The van der Waals surface area contributed by atoms with Gasteiger partial charge in [0.15, 0.2) is 9.84 Å². The van der Waals surface area contributed by atoms with E-state index in [0.29, 0.717) is 12.2 Å². The van der Waals surface area contributed by atoms with Gasteiger partial charge in [0.05, 0.1) is 23.2 Å². The van der Waals surface area contributed by atoms with Crippen LogP contribution >= 0.6 is 12.4 Å². The standard InChI is InChI=1S/C10H15N3O2S.ClH/c11-10-8-2-1-3-9(8)12-13(10)7-4-5-16(14,15)6-7;/h7H,1-6,11H2;1H. The summed E-state index contributed by atoms with van der Waals surface area (Å²) in [5.41, 5.74) is 8.24. The third-order valence-corrected chi connectivity index (χ3v) is 5.28. The lowest BCUT2D eigenvalue weighted by molar-refractivity contribution is 0.500. The van der Waals surface area contributed by atoms with Gasteiger partial charge in [-0.2, -0.15) is 5.10 Å². The molecule has 1 aliphatic heterocycles. The Labute approximate surface area is 107 Å². The van der Waals surface area contributed by atoms with E-state index < -0.39 is 9.84 Å². The maximum Gasteiger partial charge on any atom is 0.152 e. The third-order valence-electron chi connectivity index (χ3n) is 3.53. The number of hydrogen-bond donors (Lipinski definition) is 1. The molecule has 1 atom stereocenters. The molecule has 0 radical (unpaired) electrons. The highest BCUT2D eigenvalue weighted by atomic mass is 35.5. The summed E-state index contributed by atoms with van der Waals surface area (Å²) >= 11 is 0. The number of halogens is 1. The molecule has 1 aromatic heterocycles. The van der Waals surface area contributed by atoms with Gasteiger partial charge in [-0.1, -0.05) is 0 Å². The van der Waals surface area contributed by atoms with Crippen molar-refractivity contribution in [2.75, 3.05) is 17.2 Å². The van der Waals surface area contributed by atoms with Crippen molar-refractivity contribution in [2.45, 2.75) is 31.7 Å². The predicted octanol–water partition coefficient (Wildman–Crippen LogP) is 0.735. The summed E-state index contributed by atoms with van der Waals surface area (Å²) in [6.07, 6.45) is 3.73. The molecule has 1 unspecified atom stereocenters. The van der Waals surface area contributed by atoms with Gasteiger partial charge in [-0.05, 0) is 25.7 Å². The van der Waals surface area contributed by atoms with Crippen LogP contribution in [-0.2, 0) is 22.7 Å². The highest BCUT2D eigenvalue weighted by molar-refractivity contribution is 7.91. The zero-order valence-electron chi connectivity index (χ0n) is 9.42. The first-order valence-corrected chi connectivity index (χ1v) is 7.45. The van der Waals surface area contributed by atoms with Gasteiger partial charge in [0, 0.05) is 5.56 Å². The minimum Gasteiger partial charge on any atom is -0.384 e. The Morgan fingerprint density at radius 1 is 1.35 bits per heavy atom.